The van der Waals surface area contributed by atoms with E-state index in [1.54, 1.807) is 0 Å². The molecule has 2 N–H and O–H groups in total. The first-order valence-corrected chi connectivity index (χ1v) is 5.58. The normalized spacial score (nSPS) is 30.9. The number of nitrogens with zero attached hydrogens (tertiary/aromatic N) is 1. The molecule has 0 aromatic heterocycles. The average molecular weight is 214 g/mol. The minimum atomic E-state index is -0.541. The van der Waals surface area contributed by atoms with E-state index in [-0.39, 0.29) is 18.0 Å². The lowest BCUT2D eigenvalue weighted by Gasteiger charge is -2.35. The summed E-state index contributed by atoms with van der Waals surface area (Å²) in [5, 5.41) is 0. The summed E-state index contributed by atoms with van der Waals surface area (Å²) in [5.74, 6) is 0.116. The monoisotopic (exact) mass is 214 g/mol. The molecule has 0 spiro atoms. The van der Waals surface area contributed by atoms with Crippen molar-refractivity contribution in [2.24, 2.45) is 11.1 Å². The maximum Gasteiger partial charge on any atom is 0.232 e. The number of amides is 1. The minimum Gasteiger partial charge on any atom is -0.379 e. The second-order valence-electron chi connectivity index (χ2n) is 4.72. The molecule has 1 amide bonds. The summed E-state index contributed by atoms with van der Waals surface area (Å²) >= 11 is 0. The standard InChI is InChI=1S/C11H22N2O2/c1-5-13(8(2)3)10(14)11(4)7-15-6-9(11)12/h8-9H,5-7,12H2,1-4H3. The van der Waals surface area contributed by atoms with Gasteiger partial charge in [0.25, 0.3) is 0 Å². The second kappa shape index (κ2) is 4.49. The Bertz CT molecular complexity index is 243. The van der Waals surface area contributed by atoms with E-state index in [9.17, 15) is 4.79 Å². The molecule has 4 nitrogen and oxygen atoms in total. The van der Waals surface area contributed by atoms with Crippen LogP contribution in [0.1, 0.15) is 27.7 Å². The zero-order chi connectivity index (χ0) is 11.6. The van der Waals surface area contributed by atoms with E-state index in [1.807, 2.05) is 32.6 Å². The summed E-state index contributed by atoms with van der Waals surface area (Å²) in [6, 6.07) is 0.0323. The molecule has 0 radical (unpaired) electrons. The lowest BCUT2D eigenvalue weighted by Crippen LogP contribution is -2.53. The predicted octanol–water partition coefficient (Wildman–Crippen LogP) is 0.607. The molecular formula is C11H22N2O2. The highest BCUT2D eigenvalue weighted by Crippen LogP contribution is 2.30. The first-order chi connectivity index (χ1) is 6.93. The predicted molar refractivity (Wildman–Crippen MR) is 59.4 cm³/mol. The molecule has 1 rings (SSSR count). The average Bonchev–Trinajstić information content (AvgIpc) is 2.49. The lowest BCUT2D eigenvalue weighted by atomic mass is 9.84. The number of nitrogens with two attached hydrogens (primary N) is 1. The Labute approximate surface area is 91.8 Å². The highest BCUT2D eigenvalue weighted by atomic mass is 16.5. The summed E-state index contributed by atoms with van der Waals surface area (Å²) < 4.78 is 5.30. The largest absolute Gasteiger partial charge is 0.379 e. The van der Waals surface area contributed by atoms with Gasteiger partial charge in [-0.15, -0.1) is 0 Å². The summed E-state index contributed by atoms with van der Waals surface area (Å²) in [7, 11) is 0. The molecule has 1 aliphatic heterocycles. The van der Waals surface area contributed by atoms with Crippen LogP contribution in [0.4, 0.5) is 0 Å². The summed E-state index contributed by atoms with van der Waals surface area (Å²) in [6.45, 7) is 9.58. The van der Waals surface area contributed by atoms with Gasteiger partial charge in [0, 0.05) is 18.6 Å². The quantitative estimate of drug-likeness (QED) is 0.749. The SMILES string of the molecule is CCN(C(=O)C1(C)COCC1N)C(C)C. The van der Waals surface area contributed by atoms with Gasteiger partial charge in [-0.2, -0.15) is 0 Å². The van der Waals surface area contributed by atoms with Gasteiger partial charge in [0.2, 0.25) is 5.91 Å². The first-order valence-electron chi connectivity index (χ1n) is 5.58. The molecule has 1 fully saturated rings. The van der Waals surface area contributed by atoms with Crippen LogP contribution in [-0.4, -0.2) is 42.6 Å². The molecule has 0 aromatic rings. The van der Waals surface area contributed by atoms with E-state index < -0.39 is 5.41 Å². The van der Waals surface area contributed by atoms with Gasteiger partial charge in [0.15, 0.2) is 0 Å². The fourth-order valence-corrected chi connectivity index (χ4v) is 1.98. The van der Waals surface area contributed by atoms with E-state index >= 15 is 0 Å². The molecule has 1 saturated heterocycles. The highest BCUT2D eigenvalue weighted by molar-refractivity contribution is 5.84. The van der Waals surface area contributed by atoms with Crippen LogP contribution >= 0.6 is 0 Å². The summed E-state index contributed by atoms with van der Waals surface area (Å²) in [5.41, 5.74) is 5.39. The van der Waals surface area contributed by atoms with Crippen molar-refractivity contribution in [1.29, 1.82) is 0 Å². The summed E-state index contributed by atoms with van der Waals surface area (Å²) in [4.78, 5) is 14.2. The highest BCUT2D eigenvalue weighted by Gasteiger charge is 2.46. The number of carbonyl (C=O) groups excluding carboxylic acids is 1. The molecule has 4 heteroatoms. The van der Waals surface area contributed by atoms with Crippen molar-refractivity contribution in [2.75, 3.05) is 19.8 Å². The molecule has 0 saturated carbocycles. The van der Waals surface area contributed by atoms with E-state index in [0.29, 0.717) is 13.2 Å². The Hall–Kier alpha value is -0.610. The van der Waals surface area contributed by atoms with Gasteiger partial charge in [0.05, 0.1) is 18.6 Å². The van der Waals surface area contributed by atoms with Crippen molar-refractivity contribution in [3.05, 3.63) is 0 Å². The van der Waals surface area contributed by atoms with E-state index in [1.165, 1.54) is 0 Å². The van der Waals surface area contributed by atoms with Gasteiger partial charge >= 0.3 is 0 Å². The van der Waals surface area contributed by atoms with E-state index in [2.05, 4.69) is 0 Å². The van der Waals surface area contributed by atoms with E-state index in [4.69, 9.17) is 10.5 Å². The van der Waals surface area contributed by atoms with Crippen molar-refractivity contribution in [1.82, 2.24) is 4.90 Å². The molecule has 1 aliphatic rings. The van der Waals surface area contributed by atoms with Gasteiger partial charge in [-0.1, -0.05) is 0 Å². The van der Waals surface area contributed by atoms with Crippen molar-refractivity contribution < 1.29 is 9.53 Å². The lowest BCUT2D eigenvalue weighted by molar-refractivity contribution is -0.143. The molecule has 88 valence electrons. The molecule has 15 heavy (non-hydrogen) atoms. The maximum absolute atomic E-state index is 12.3. The van der Waals surface area contributed by atoms with E-state index in [0.717, 1.165) is 6.54 Å². The molecule has 2 unspecified atom stereocenters. The van der Waals surface area contributed by atoms with Crippen LogP contribution in [0.3, 0.4) is 0 Å². The molecule has 2 atom stereocenters. The Kier molecular flexibility index (Phi) is 3.73. The third-order valence-corrected chi connectivity index (χ3v) is 3.23. The number of ether oxygens (including phenoxy) is 1. The topological polar surface area (TPSA) is 55.6 Å². The van der Waals surface area contributed by atoms with Gasteiger partial charge < -0.3 is 15.4 Å². The van der Waals surface area contributed by atoms with Gasteiger partial charge in [-0.3, -0.25) is 4.79 Å². The van der Waals surface area contributed by atoms with Crippen molar-refractivity contribution in [3.63, 3.8) is 0 Å². The molecular weight excluding hydrogens is 192 g/mol. The van der Waals surface area contributed by atoms with Crippen LogP contribution in [0.25, 0.3) is 0 Å². The fraction of sp³-hybridized carbons (Fsp3) is 0.909. The van der Waals surface area contributed by atoms with Crippen LogP contribution in [-0.2, 0) is 9.53 Å². The zero-order valence-electron chi connectivity index (χ0n) is 10.1. The molecule has 1 heterocycles. The van der Waals surface area contributed by atoms with Gasteiger partial charge in [0.1, 0.15) is 0 Å². The minimum absolute atomic E-state index is 0.116. The fourth-order valence-electron chi connectivity index (χ4n) is 1.98. The molecule has 0 bridgehead atoms. The number of rotatable bonds is 3. The third kappa shape index (κ3) is 2.16. The molecule has 0 aliphatic carbocycles. The second-order valence-corrected chi connectivity index (χ2v) is 4.72. The van der Waals surface area contributed by atoms with Crippen molar-refractivity contribution in [3.8, 4) is 0 Å². The summed E-state index contributed by atoms with van der Waals surface area (Å²) in [6.07, 6.45) is 0. The maximum atomic E-state index is 12.3. The third-order valence-electron chi connectivity index (χ3n) is 3.23. The Morgan fingerprint density at radius 2 is 2.27 bits per heavy atom. The van der Waals surface area contributed by atoms with Crippen LogP contribution in [0.15, 0.2) is 0 Å². The van der Waals surface area contributed by atoms with Crippen LogP contribution in [0, 0.1) is 5.41 Å². The number of hydrogen-bond acceptors (Lipinski definition) is 3. The Balaban J connectivity index is 2.82. The smallest absolute Gasteiger partial charge is 0.232 e. The van der Waals surface area contributed by atoms with Crippen molar-refractivity contribution in [2.45, 2.75) is 39.8 Å². The van der Waals surface area contributed by atoms with Crippen LogP contribution in [0.5, 0.6) is 0 Å². The zero-order valence-corrected chi connectivity index (χ0v) is 10.1. The number of carbonyl (C=O) groups is 1. The Morgan fingerprint density at radius 1 is 1.67 bits per heavy atom. The number of hydrogen-bond donors (Lipinski definition) is 1. The molecule has 0 aromatic carbocycles. The van der Waals surface area contributed by atoms with Crippen LogP contribution in [0.2, 0.25) is 0 Å². The first kappa shape index (κ1) is 12.5. The van der Waals surface area contributed by atoms with Gasteiger partial charge in [-0.05, 0) is 27.7 Å². The Morgan fingerprint density at radius 3 is 2.60 bits per heavy atom. The van der Waals surface area contributed by atoms with Crippen molar-refractivity contribution >= 4 is 5.91 Å². The van der Waals surface area contributed by atoms with Crippen LogP contribution < -0.4 is 5.73 Å². The van der Waals surface area contributed by atoms with Gasteiger partial charge in [-0.25, -0.2) is 0 Å².